The van der Waals surface area contributed by atoms with Crippen molar-refractivity contribution in [3.63, 3.8) is 0 Å². The molecular weight excluding hydrogens is 328 g/mol. The summed E-state index contributed by atoms with van der Waals surface area (Å²) in [6, 6.07) is 9.97. The zero-order chi connectivity index (χ0) is 18.9. The minimum atomic E-state index is -0.287. The molecule has 0 aliphatic heterocycles. The summed E-state index contributed by atoms with van der Waals surface area (Å²) in [7, 11) is 0. The number of fused-ring (bicyclic) bond motifs is 1. The fourth-order valence-corrected chi connectivity index (χ4v) is 3.15. The largest absolute Gasteiger partial charge is 0.338 e. The molecule has 0 fully saturated rings. The zero-order valence-corrected chi connectivity index (χ0v) is 15.3. The molecule has 2 heterocycles. The lowest BCUT2D eigenvalue weighted by atomic mass is 9.93. The van der Waals surface area contributed by atoms with Crippen LogP contribution in [-0.4, -0.2) is 20.8 Å². The van der Waals surface area contributed by atoms with Gasteiger partial charge in [0.2, 0.25) is 6.19 Å². The predicted molar refractivity (Wildman–Crippen MR) is 102 cm³/mol. The standard InChI is InChI=1S/C19H22N6O/c1-12(2)23-19(3,4)13-5-7-14(8-6-13)22-17-16-15(25(11-20)24-17)9-10-21-18(16)26/h5-10,12,23H,1-4H3,(H,21,26)(H,22,24). The SMILES string of the molecule is CC(C)NC(C)(C)c1ccc(Nc2nn(C#N)c3cc[nH]c(=O)c23)cc1. The molecule has 134 valence electrons. The van der Waals surface area contributed by atoms with Crippen LogP contribution in [0.2, 0.25) is 0 Å². The second-order valence-corrected chi connectivity index (χ2v) is 7.05. The first-order chi connectivity index (χ1) is 12.3. The highest BCUT2D eigenvalue weighted by molar-refractivity contribution is 5.91. The van der Waals surface area contributed by atoms with Crippen LogP contribution in [0.15, 0.2) is 41.3 Å². The van der Waals surface area contributed by atoms with Crippen LogP contribution in [-0.2, 0) is 5.54 Å². The van der Waals surface area contributed by atoms with Gasteiger partial charge in [0.25, 0.3) is 5.56 Å². The maximum absolute atomic E-state index is 12.1. The van der Waals surface area contributed by atoms with Gasteiger partial charge in [-0.25, -0.2) is 0 Å². The van der Waals surface area contributed by atoms with Gasteiger partial charge in [0, 0.05) is 23.5 Å². The Morgan fingerprint density at radius 1 is 1.23 bits per heavy atom. The maximum atomic E-state index is 12.1. The summed E-state index contributed by atoms with van der Waals surface area (Å²) in [5, 5.41) is 20.4. The predicted octanol–water partition coefficient (Wildman–Crippen LogP) is 3.03. The van der Waals surface area contributed by atoms with Crippen LogP contribution >= 0.6 is 0 Å². The third-order valence-electron chi connectivity index (χ3n) is 4.22. The van der Waals surface area contributed by atoms with Crippen molar-refractivity contribution in [1.29, 1.82) is 5.26 Å². The van der Waals surface area contributed by atoms with Crippen LogP contribution in [0.25, 0.3) is 10.9 Å². The number of hydrogen-bond acceptors (Lipinski definition) is 5. The molecule has 7 heteroatoms. The van der Waals surface area contributed by atoms with Gasteiger partial charge in [-0.05, 0) is 37.6 Å². The molecule has 2 aromatic heterocycles. The average molecular weight is 350 g/mol. The summed E-state index contributed by atoms with van der Waals surface area (Å²) in [6.45, 7) is 8.51. The van der Waals surface area contributed by atoms with Gasteiger partial charge in [0.05, 0.1) is 5.52 Å². The molecule has 0 aliphatic carbocycles. The Morgan fingerprint density at radius 2 is 1.92 bits per heavy atom. The first kappa shape index (κ1) is 17.7. The van der Waals surface area contributed by atoms with Gasteiger partial charge >= 0.3 is 0 Å². The van der Waals surface area contributed by atoms with Crippen molar-refractivity contribution >= 4 is 22.4 Å². The molecule has 0 aliphatic rings. The van der Waals surface area contributed by atoms with E-state index in [-0.39, 0.29) is 11.1 Å². The molecule has 0 amide bonds. The van der Waals surface area contributed by atoms with Gasteiger partial charge in [-0.3, -0.25) is 4.79 Å². The van der Waals surface area contributed by atoms with Gasteiger partial charge < -0.3 is 15.6 Å². The first-order valence-electron chi connectivity index (χ1n) is 8.47. The normalized spacial score (nSPS) is 11.7. The maximum Gasteiger partial charge on any atom is 0.261 e. The minimum Gasteiger partial charge on any atom is -0.338 e. The lowest BCUT2D eigenvalue weighted by Gasteiger charge is -2.29. The number of nitriles is 1. The number of nitrogens with zero attached hydrogens (tertiary/aromatic N) is 3. The van der Waals surface area contributed by atoms with E-state index in [1.807, 2.05) is 30.5 Å². The number of aromatic nitrogens is 3. The highest BCUT2D eigenvalue weighted by Crippen LogP contribution is 2.26. The van der Waals surface area contributed by atoms with Crippen LogP contribution < -0.4 is 16.2 Å². The molecule has 3 rings (SSSR count). The molecule has 0 saturated heterocycles. The Morgan fingerprint density at radius 3 is 2.54 bits per heavy atom. The van der Waals surface area contributed by atoms with Crippen LogP contribution in [0.1, 0.15) is 33.3 Å². The Labute approximate surface area is 151 Å². The monoisotopic (exact) mass is 350 g/mol. The highest BCUT2D eigenvalue weighted by atomic mass is 16.1. The molecule has 0 unspecified atom stereocenters. The van der Waals surface area contributed by atoms with Gasteiger partial charge in [-0.2, -0.15) is 9.94 Å². The van der Waals surface area contributed by atoms with Crippen LogP contribution in [0.4, 0.5) is 11.5 Å². The summed E-state index contributed by atoms with van der Waals surface area (Å²) in [5.74, 6) is 0.357. The van der Waals surface area contributed by atoms with Gasteiger partial charge in [-0.1, -0.05) is 26.0 Å². The smallest absolute Gasteiger partial charge is 0.261 e. The van der Waals surface area contributed by atoms with E-state index in [9.17, 15) is 10.1 Å². The van der Waals surface area contributed by atoms with Gasteiger partial charge in [-0.15, -0.1) is 5.10 Å². The molecule has 3 aromatic rings. The number of nitrogens with one attached hydrogen (secondary N) is 3. The molecule has 0 spiro atoms. The molecule has 3 N–H and O–H groups in total. The van der Waals surface area contributed by atoms with E-state index >= 15 is 0 Å². The van der Waals surface area contributed by atoms with Crippen LogP contribution in [0, 0.1) is 11.5 Å². The average Bonchev–Trinajstić information content (AvgIpc) is 2.93. The molecule has 0 radical (unpaired) electrons. The molecule has 7 nitrogen and oxygen atoms in total. The number of benzene rings is 1. The lowest BCUT2D eigenvalue weighted by Crippen LogP contribution is -2.40. The second-order valence-electron chi connectivity index (χ2n) is 7.05. The van der Waals surface area contributed by atoms with Crippen molar-refractivity contribution in [1.82, 2.24) is 20.1 Å². The molecule has 26 heavy (non-hydrogen) atoms. The van der Waals surface area contributed by atoms with Crippen molar-refractivity contribution in [3.8, 4) is 6.19 Å². The van der Waals surface area contributed by atoms with Crippen molar-refractivity contribution in [2.75, 3.05) is 5.32 Å². The summed E-state index contributed by atoms with van der Waals surface area (Å²) in [6.07, 6.45) is 3.46. The van der Waals surface area contributed by atoms with E-state index in [4.69, 9.17) is 0 Å². The van der Waals surface area contributed by atoms with Gasteiger partial charge in [0.1, 0.15) is 5.39 Å². The number of H-pyrrole nitrogens is 1. The lowest BCUT2D eigenvalue weighted by molar-refractivity contribution is 0.366. The molecule has 0 saturated carbocycles. The van der Waals surface area contributed by atoms with E-state index in [0.717, 1.165) is 15.9 Å². The van der Waals surface area contributed by atoms with E-state index in [0.29, 0.717) is 22.8 Å². The summed E-state index contributed by atoms with van der Waals surface area (Å²) >= 11 is 0. The topological polar surface area (TPSA) is 98.5 Å². The quantitative estimate of drug-likeness (QED) is 0.657. The molecule has 1 aromatic carbocycles. The Kier molecular flexibility index (Phi) is 4.53. The van der Waals surface area contributed by atoms with Gasteiger partial charge in [0.15, 0.2) is 5.82 Å². The number of hydrogen-bond donors (Lipinski definition) is 3. The summed E-state index contributed by atoms with van der Waals surface area (Å²) < 4.78 is 1.14. The van der Waals surface area contributed by atoms with E-state index in [2.05, 4.69) is 48.4 Å². The first-order valence-corrected chi connectivity index (χ1v) is 8.47. The van der Waals surface area contributed by atoms with Crippen molar-refractivity contribution in [2.24, 2.45) is 0 Å². The minimum absolute atomic E-state index is 0.154. The van der Waals surface area contributed by atoms with Crippen molar-refractivity contribution in [2.45, 2.75) is 39.3 Å². The van der Waals surface area contributed by atoms with E-state index in [1.165, 1.54) is 6.20 Å². The number of anilines is 2. The Hall–Kier alpha value is -3.11. The number of aromatic amines is 1. The number of rotatable bonds is 5. The molecular formula is C19H22N6O. The van der Waals surface area contributed by atoms with Crippen LogP contribution in [0.3, 0.4) is 0 Å². The molecule has 0 bridgehead atoms. The van der Waals surface area contributed by atoms with Crippen molar-refractivity contribution in [3.05, 3.63) is 52.4 Å². The zero-order valence-electron chi connectivity index (χ0n) is 15.3. The Bertz CT molecular complexity index is 1020. The van der Waals surface area contributed by atoms with Crippen LogP contribution in [0.5, 0.6) is 0 Å². The molecule has 0 atom stereocenters. The third kappa shape index (κ3) is 3.32. The number of pyridine rings is 1. The second kappa shape index (κ2) is 6.65. The third-order valence-corrected chi connectivity index (χ3v) is 4.22. The Balaban J connectivity index is 1.92. The van der Waals surface area contributed by atoms with E-state index in [1.54, 1.807) is 6.07 Å². The van der Waals surface area contributed by atoms with Crippen molar-refractivity contribution < 1.29 is 0 Å². The summed E-state index contributed by atoms with van der Waals surface area (Å²) in [4.78, 5) is 14.8. The highest BCUT2D eigenvalue weighted by Gasteiger charge is 2.21. The fraction of sp³-hybridized carbons (Fsp3) is 0.316. The fourth-order valence-electron chi connectivity index (χ4n) is 3.15. The summed E-state index contributed by atoms with van der Waals surface area (Å²) in [5.41, 5.74) is 1.98. The van der Waals surface area contributed by atoms with E-state index < -0.39 is 0 Å².